The second-order valence-electron chi connectivity index (χ2n) is 4.94. The third-order valence-electron chi connectivity index (χ3n) is 3.10. The summed E-state index contributed by atoms with van der Waals surface area (Å²) in [6.45, 7) is 5.89. The second-order valence-corrected chi connectivity index (χ2v) is 4.94. The average Bonchev–Trinajstić information content (AvgIpc) is 2.75. The zero-order chi connectivity index (χ0) is 12.1. The van der Waals surface area contributed by atoms with Crippen LogP contribution in [-0.2, 0) is 11.3 Å². The van der Waals surface area contributed by atoms with E-state index in [1.165, 1.54) is 5.56 Å². The van der Waals surface area contributed by atoms with Gasteiger partial charge >= 0.3 is 0 Å². The SMILES string of the molecule is CC(N)CN1CCC(OCc2ccccc2)C1. The van der Waals surface area contributed by atoms with Gasteiger partial charge in [-0.3, -0.25) is 4.90 Å². The van der Waals surface area contributed by atoms with Gasteiger partial charge in [-0.1, -0.05) is 30.3 Å². The molecular formula is C14H22N2O. The first-order chi connectivity index (χ1) is 8.24. The predicted molar refractivity (Wildman–Crippen MR) is 69.7 cm³/mol. The van der Waals surface area contributed by atoms with E-state index in [-0.39, 0.29) is 6.04 Å². The van der Waals surface area contributed by atoms with Gasteiger partial charge in [-0.25, -0.2) is 0 Å². The molecule has 1 saturated heterocycles. The summed E-state index contributed by atoms with van der Waals surface area (Å²) in [6.07, 6.45) is 1.49. The van der Waals surface area contributed by atoms with Crippen LogP contribution < -0.4 is 5.73 Å². The van der Waals surface area contributed by atoms with Crippen molar-refractivity contribution in [1.82, 2.24) is 4.90 Å². The number of nitrogens with two attached hydrogens (primary N) is 1. The summed E-state index contributed by atoms with van der Waals surface area (Å²) in [6, 6.07) is 10.6. The van der Waals surface area contributed by atoms with E-state index in [0.717, 1.165) is 32.7 Å². The molecule has 2 N–H and O–H groups in total. The summed E-state index contributed by atoms with van der Waals surface area (Å²) >= 11 is 0. The maximum atomic E-state index is 5.92. The normalized spacial score (nSPS) is 22.8. The molecule has 2 atom stereocenters. The van der Waals surface area contributed by atoms with Gasteiger partial charge in [-0.15, -0.1) is 0 Å². The lowest BCUT2D eigenvalue weighted by molar-refractivity contribution is 0.0464. The standard InChI is InChI=1S/C14H22N2O/c1-12(15)9-16-8-7-14(10-16)17-11-13-5-3-2-4-6-13/h2-6,12,14H,7-11,15H2,1H3. The molecule has 3 nitrogen and oxygen atoms in total. The van der Waals surface area contributed by atoms with Crippen LogP contribution in [0.25, 0.3) is 0 Å². The van der Waals surface area contributed by atoms with Crippen LogP contribution in [0.5, 0.6) is 0 Å². The van der Waals surface area contributed by atoms with E-state index in [9.17, 15) is 0 Å². The molecule has 0 bridgehead atoms. The third kappa shape index (κ3) is 4.11. The third-order valence-corrected chi connectivity index (χ3v) is 3.10. The Morgan fingerprint density at radius 1 is 1.41 bits per heavy atom. The Balaban J connectivity index is 1.71. The monoisotopic (exact) mass is 234 g/mol. The van der Waals surface area contributed by atoms with Gasteiger partial charge in [0.2, 0.25) is 0 Å². The lowest BCUT2D eigenvalue weighted by Gasteiger charge is -2.18. The highest BCUT2D eigenvalue weighted by atomic mass is 16.5. The molecule has 3 heteroatoms. The van der Waals surface area contributed by atoms with E-state index >= 15 is 0 Å². The van der Waals surface area contributed by atoms with Crippen LogP contribution in [0.3, 0.4) is 0 Å². The Morgan fingerprint density at radius 2 is 2.18 bits per heavy atom. The molecule has 0 spiro atoms. The number of hydrogen-bond acceptors (Lipinski definition) is 3. The van der Waals surface area contributed by atoms with Gasteiger partial charge in [0, 0.05) is 25.7 Å². The van der Waals surface area contributed by atoms with Crippen LogP contribution in [0, 0.1) is 0 Å². The van der Waals surface area contributed by atoms with E-state index in [0.29, 0.717) is 6.10 Å². The van der Waals surface area contributed by atoms with Gasteiger partial charge < -0.3 is 10.5 Å². The Kier molecular flexibility index (Phi) is 4.54. The number of ether oxygens (including phenoxy) is 1. The van der Waals surface area contributed by atoms with Gasteiger partial charge in [0.05, 0.1) is 12.7 Å². The van der Waals surface area contributed by atoms with Crippen molar-refractivity contribution in [3.63, 3.8) is 0 Å². The van der Waals surface area contributed by atoms with E-state index in [4.69, 9.17) is 10.5 Å². The smallest absolute Gasteiger partial charge is 0.0721 e. The minimum absolute atomic E-state index is 0.253. The highest BCUT2D eigenvalue weighted by Gasteiger charge is 2.23. The lowest BCUT2D eigenvalue weighted by atomic mass is 10.2. The molecular weight excluding hydrogens is 212 g/mol. The predicted octanol–water partition coefficient (Wildman–Crippen LogP) is 1.62. The van der Waals surface area contributed by atoms with E-state index in [1.54, 1.807) is 0 Å². The molecule has 0 amide bonds. The van der Waals surface area contributed by atoms with Crippen molar-refractivity contribution in [2.24, 2.45) is 5.73 Å². The summed E-state index contributed by atoms with van der Waals surface area (Å²) in [7, 11) is 0. The number of hydrogen-bond donors (Lipinski definition) is 1. The molecule has 1 aliphatic heterocycles. The quantitative estimate of drug-likeness (QED) is 0.841. The number of rotatable bonds is 5. The summed E-state index contributed by atoms with van der Waals surface area (Å²) in [5.74, 6) is 0. The fourth-order valence-corrected chi connectivity index (χ4v) is 2.29. The van der Waals surface area contributed by atoms with Gasteiger partial charge in [-0.2, -0.15) is 0 Å². The van der Waals surface area contributed by atoms with Crippen molar-refractivity contribution in [3.05, 3.63) is 35.9 Å². The number of likely N-dealkylation sites (tertiary alicyclic amines) is 1. The molecule has 1 aromatic rings. The van der Waals surface area contributed by atoms with Crippen molar-refractivity contribution in [2.75, 3.05) is 19.6 Å². The molecule has 1 heterocycles. The fraction of sp³-hybridized carbons (Fsp3) is 0.571. The largest absolute Gasteiger partial charge is 0.372 e. The summed E-state index contributed by atoms with van der Waals surface area (Å²) in [5, 5.41) is 0. The topological polar surface area (TPSA) is 38.5 Å². The van der Waals surface area contributed by atoms with E-state index in [2.05, 4.69) is 36.1 Å². The van der Waals surface area contributed by atoms with Crippen LogP contribution in [0.15, 0.2) is 30.3 Å². The molecule has 0 aliphatic carbocycles. The van der Waals surface area contributed by atoms with Gasteiger partial charge in [-0.05, 0) is 18.9 Å². The van der Waals surface area contributed by atoms with Crippen molar-refractivity contribution < 1.29 is 4.74 Å². The molecule has 0 aromatic heterocycles. The summed E-state index contributed by atoms with van der Waals surface area (Å²) < 4.78 is 5.92. The second kappa shape index (κ2) is 6.15. The zero-order valence-electron chi connectivity index (χ0n) is 10.5. The molecule has 2 unspecified atom stereocenters. The van der Waals surface area contributed by atoms with Gasteiger partial charge in [0.25, 0.3) is 0 Å². The van der Waals surface area contributed by atoms with Crippen LogP contribution in [0.1, 0.15) is 18.9 Å². The van der Waals surface area contributed by atoms with Gasteiger partial charge in [0.15, 0.2) is 0 Å². The van der Waals surface area contributed by atoms with Crippen LogP contribution in [0.4, 0.5) is 0 Å². The maximum Gasteiger partial charge on any atom is 0.0721 e. The number of benzene rings is 1. The molecule has 1 aliphatic rings. The molecule has 0 radical (unpaired) electrons. The Labute approximate surface area is 104 Å². The van der Waals surface area contributed by atoms with Crippen molar-refractivity contribution in [1.29, 1.82) is 0 Å². The molecule has 94 valence electrons. The Bertz CT molecular complexity index is 326. The first-order valence-electron chi connectivity index (χ1n) is 6.37. The minimum Gasteiger partial charge on any atom is -0.372 e. The van der Waals surface area contributed by atoms with Gasteiger partial charge in [0.1, 0.15) is 0 Å². The first-order valence-corrected chi connectivity index (χ1v) is 6.37. The Hall–Kier alpha value is -0.900. The van der Waals surface area contributed by atoms with Crippen molar-refractivity contribution in [3.8, 4) is 0 Å². The molecule has 0 saturated carbocycles. The Morgan fingerprint density at radius 3 is 2.88 bits per heavy atom. The van der Waals surface area contributed by atoms with Crippen molar-refractivity contribution >= 4 is 0 Å². The van der Waals surface area contributed by atoms with E-state index < -0.39 is 0 Å². The van der Waals surface area contributed by atoms with Crippen LogP contribution >= 0.6 is 0 Å². The summed E-state index contributed by atoms with van der Waals surface area (Å²) in [5.41, 5.74) is 7.05. The highest BCUT2D eigenvalue weighted by molar-refractivity contribution is 5.13. The van der Waals surface area contributed by atoms with Crippen LogP contribution in [0.2, 0.25) is 0 Å². The molecule has 2 rings (SSSR count). The maximum absolute atomic E-state index is 5.92. The molecule has 1 aromatic carbocycles. The average molecular weight is 234 g/mol. The minimum atomic E-state index is 0.253. The molecule has 17 heavy (non-hydrogen) atoms. The zero-order valence-corrected chi connectivity index (χ0v) is 10.5. The highest BCUT2D eigenvalue weighted by Crippen LogP contribution is 2.14. The number of nitrogens with zero attached hydrogens (tertiary/aromatic N) is 1. The lowest BCUT2D eigenvalue weighted by Crippen LogP contribution is -2.34. The van der Waals surface area contributed by atoms with E-state index in [1.807, 2.05) is 6.07 Å². The van der Waals surface area contributed by atoms with Crippen LogP contribution in [-0.4, -0.2) is 36.7 Å². The fourth-order valence-electron chi connectivity index (χ4n) is 2.29. The summed E-state index contributed by atoms with van der Waals surface area (Å²) in [4.78, 5) is 2.39. The molecule has 1 fully saturated rings. The first kappa shape index (κ1) is 12.6. The van der Waals surface area contributed by atoms with Crippen molar-refractivity contribution in [2.45, 2.75) is 32.1 Å².